The fourth-order valence-electron chi connectivity index (χ4n) is 3.36. The van der Waals surface area contributed by atoms with Gasteiger partial charge in [0.15, 0.2) is 0 Å². The summed E-state index contributed by atoms with van der Waals surface area (Å²) in [4.78, 5) is 4.87. The summed E-state index contributed by atoms with van der Waals surface area (Å²) < 4.78 is 16.3. The van der Waals surface area contributed by atoms with Gasteiger partial charge in [0.05, 0.1) is 25.9 Å². The average molecular weight is 326 g/mol. The number of rotatable bonds is 8. The maximum Gasteiger partial charge on any atom is 0.285 e. The third kappa shape index (κ3) is 8.02. The number of aliphatic imine (C=N–C) groups is 1. The Bertz CT molecular complexity index is 324. The van der Waals surface area contributed by atoms with Gasteiger partial charge in [-0.05, 0) is 25.7 Å². The van der Waals surface area contributed by atoms with Crippen LogP contribution in [0.5, 0.6) is 0 Å². The minimum absolute atomic E-state index is 0.434. The number of amidine groups is 1. The van der Waals surface area contributed by atoms with E-state index in [1.54, 1.807) is 7.11 Å². The van der Waals surface area contributed by atoms with Crippen LogP contribution in [0.4, 0.5) is 0 Å². The molecule has 0 bridgehead atoms. The molecule has 2 aliphatic rings. The number of ether oxygens (including phenoxy) is 3. The molecule has 0 aliphatic heterocycles. The predicted octanol–water partition coefficient (Wildman–Crippen LogP) is 3.28. The molecule has 0 aromatic carbocycles. The van der Waals surface area contributed by atoms with Crippen molar-refractivity contribution >= 4 is 6.02 Å². The zero-order valence-corrected chi connectivity index (χ0v) is 14.7. The van der Waals surface area contributed by atoms with Gasteiger partial charge in [0, 0.05) is 13.2 Å². The van der Waals surface area contributed by atoms with Gasteiger partial charge in [-0.2, -0.15) is 0 Å². The van der Waals surface area contributed by atoms with E-state index in [0.29, 0.717) is 38.5 Å². The lowest BCUT2D eigenvalue weighted by Gasteiger charge is -2.26. The Labute approximate surface area is 141 Å². The van der Waals surface area contributed by atoms with Gasteiger partial charge in [-0.1, -0.05) is 38.5 Å². The summed E-state index contributed by atoms with van der Waals surface area (Å²) in [5.74, 6) is 0. The normalized spacial score (nSPS) is 21.3. The number of nitrogens with zero attached hydrogens (tertiary/aromatic N) is 1. The summed E-state index contributed by atoms with van der Waals surface area (Å²) in [7, 11) is 1.68. The lowest BCUT2D eigenvalue weighted by molar-refractivity contribution is 0.0510. The highest BCUT2D eigenvalue weighted by Crippen LogP contribution is 2.21. The second-order valence-corrected chi connectivity index (χ2v) is 6.66. The summed E-state index contributed by atoms with van der Waals surface area (Å²) >= 11 is 0. The molecule has 0 aromatic rings. The highest BCUT2D eigenvalue weighted by molar-refractivity contribution is 5.74. The first-order valence-electron chi connectivity index (χ1n) is 9.42. The first-order chi connectivity index (χ1) is 11.4. The Morgan fingerprint density at radius 3 is 2.22 bits per heavy atom. The van der Waals surface area contributed by atoms with Crippen LogP contribution in [0, 0.1) is 0 Å². The third-order valence-corrected chi connectivity index (χ3v) is 4.71. The second-order valence-electron chi connectivity index (χ2n) is 6.66. The monoisotopic (exact) mass is 326 g/mol. The summed E-state index contributed by atoms with van der Waals surface area (Å²) in [5.41, 5.74) is 0. The molecule has 23 heavy (non-hydrogen) atoms. The molecule has 0 atom stereocenters. The van der Waals surface area contributed by atoms with Crippen molar-refractivity contribution in [2.24, 2.45) is 4.99 Å². The molecule has 0 spiro atoms. The van der Waals surface area contributed by atoms with E-state index in [9.17, 15) is 0 Å². The first kappa shape index (κ1) is 18.5. The Morgan fingerprint density at radius 1 is 0.870 bits per heavy atom. The number of hydrogen-bond acceptors (Lipinski definition) is 4. The van der Waals surface area contributed by atoms with Crippen LogP contribution in [-0.4, -0.2) is 51.6 Å². The van der Waals surface area contributed by atoms with E-state index in [-0.39, 0.29) is 0 Å². The van der Waals surface area contributed by atoms with Gasteiger partial charge < -0.3 is 19.5 Å². The topological polar surface area (TPSA) is 52.1 Å². The van der Waals surface area contributed by atoms with Gasteiger partial charge in [-0.3, -0.25) is 0 Å². The molecular formula is C18H34N2O3. The molecule has 0 saturated heterocycles. The Hall–Kier alpha value is -0.810. The number of nitrogens with one attached hydrogen (secondary N) is 1. The molecule has 0 unspecified atom stereocenters. The minimum Gasteiger partial charge on any atom is -0.463 e. The van der Waals surface area contributed by atoms with E-state index in [1.807, 2.05) is 0 Å². The van der Waals surface area contributed by atoms with Crippen molar-refractivity contribution < 1.29 is 14.2 Å². The molecule has 134 valence electrons. The molecule has 0 heterocycles. The third-order valence-electron chi connectivity index (χ3n) is 4.71. The van der Waals surface area contributed by atoms with Crippen LogP contribution in [0.15, 0.2) is 4.99 Å². The molecule has 0 aromatic heterocycles. The van der Waals surface area contributed by atoms with Crippen LogP contribution in [-0.2, 0) is 14.2 Å². The summed E-state index contributed by atoms with van der Waals surface area (Å²) in [6, 6.07) is 1.71. The van der Waals surface area contributed by atoms with Crippen LogP contribution < -0.4 is 5.32 Å². The molecule has 2 fully saturated rings. The van der Waals surface area contributed by atoms with Crippen LogP contribution in [0.2, 0.25) is 0 Å². The van der Waals surface area contributed by atoms with Crippen molar-refractivity contribution in [3.05, 3.63) is 0 Å². The Morgan fingerprint density at radius 2 is 1.52 bits per heavy atom. The van der Waals surface area contributed by atoms with E-state index in [2.05, 4.69) is 5.32 Å². The van der Waals surface area contributed by atoms with Gasteiger partial charge in [0.1, 0.15) is 6.61 Å². The Balaban J connectivity index is 1.76. The summed E-state index contributed by atoms with van der Waals surface area (Å²) in [5, 5.41) is 3.55. The van der Waals surface area contributed by atoms with Gasteiger partial charge >= 0.3 is 0 Å². The number of methoxy groups -OCH3 is 1. The molecule has 5 heteroatoms. The van der Waals surface area contributed by atoms with Crippen molar-refractivity contribution in [2.75, 3.05) is 33.5 Å². The van der Waals surface area contributed by atoms with Crippen molar-refractivity contribution in [3.63, 3.8) is 0 Å². The van der Waals surface area contributed by atoms with Gasteiger partial charge in [-0.25, -0.2) is 4.99 Å². The molecule has 0 amide bonds. The highest BCUT2D eigenvalue weighted by atomic mass is 16.5. The lowest BCUT2D eigenvalue weighted by atomic mass is 9.95. The smallest absolute Gasteiger partial charge is 0.285 e. The summed E-state index contributed by atoms with van der Waals surface area (Å²) in [6.07, 6.45) is 12.8. The maximum absolute atomic E-state index is 5.90. The van der Waals surface area contributed by atoms with E-state index in [0.717, 1.165) is 6.02 Å². The quantitative estimate of drug-likeness (QED) is 0.422. The standard InChI is InChI=1S/C18H34N2O3/c1-21-12-13-22-14-15-23-18(19-16-8-4-2-5-9-16)20-17-10-6-3-7-11-17/h16-17H,2-15H2,1H3,(H,19,20). The predicted molar refractivity (Wildman–Crippen MR) is 93.0 cm³/mol. The van der Waals surface area contributed by atoms with Gasteiger partial charge in [-0.15, -0.1) is 0 Å². The zero-order valence-electron chi connectivity index (χ0n) is 14.7. The van der Waals surface area contributed by atoms with E-state index < -0.39 is 0 Å². The largest absolute Gasteiger partial charge is 0.463 e. The summed E-state index contributed by atoms with van der Waals surface area (Å²) in [6.45, 7) is 2.38. The molecule has 2 saturated carbocycles. The van der Waals surface area contributed by atoms with Crippen molar-refractivity contribution in [3.8, 4) is 0 Å². The van der Waals surface area contributed by atoms with Crippen LogP contribution in [0.1, 0.15) is 64.2 Å². The molecule has 5 nitrogen and oxygen atoms in total. The van der Waals surface area contributed by atoms with Crippen molar-refractivity contribution in [2.45, 2.75) is 76.3 Å². The second kappa shape index (κ2) is 11.7. The molecule has 0 radical (unpaired) electrons. The van der Waals surface area contributed by atoms with Crippen LogP contribution in [0.3, 0.4) is 0 Å². The highest BCUT2D eigenvalue weighted by Gasteiger charge is 2.18. The zero-order chi connectivity index (χ0) is 16.2. The minimum atomic E-state index is 0.434. The lowest BCUT2D eigenvalue weighted by Crippen LogP contribution is -2.39. The van der Waals surface area contributed by atoms with Crippen LogP contribution >= 0.6 is 0 Å². The van der Waals surface area contributed by atoms with Crippen LogP contribution in [0.25, 0.3) is 0 Å². The van der Waals surface area contributed by atoms with E-state index >= 15 is 0 Å². The maximum atomic E-state index is 5.90. The average Bonchev–Trinajstić information content (AvgIpc) is 2.60. The molecule has 2 aliphatic carbocycles. The van der Waals surface area contributed by atoms with Gasteiger partial charge in [0.2, 0.25) is 0 Å². The number of hydrogen-bond donors (Lipinski definition) is 1. The van der Waals surface area contributed by atoms with Crippen molar-refractivity contribution in [1.29, 1.82) is 0 Å². The van der Waals surface area contributed by atoms with Gasteiger partial charge in [0.25, 0.3) is 6.02 Å². The van der Waals surface area contributed by atoms with E-state index in [4.69, 9.17) is 19.2 Å². The van der Waals surface area contributed by atoms with Crippen molar-refractivity contribution in [1.82, 2.24) is 5.32 Å². The first-order valence-corrected chi connectivity index (χ1v) is 9.42. The fourth-order valence-corrected chi connectivity index (χ4v) is 3.36. The molecular weight excluding hydrogens is 292 g/mol. The fraction of sp³-hybridized carbons (Fsp3) is 0.944. The Kier molecular flexibility index (Phi) is 9.41. The van der Waals surface area contributed by atoms with E-state index in [1.165, 1.54) is 64.2 Å². The molecule has 2 rings (SSSR count). The SMILES string of the molecule is COCCOCCOC(=NC1CCCCC1)NC1CCCCC1. The molecule has 1 N–H and O–H groups in total.